The molecule has 2 aliphatic rings. The average molecular weight is 797 g/mol. The highest BCUT2D eigenvalue weighted by molar-refractivity contribution is 5.88. The second-order valence-electron chi connectivity index (χ2n) is 15.5. The molecular weight excluding hydrogens is 748 g/mol. The molecule has 2 fully saturated rings. The number of ether oxygens (including phenoxy) is 2. The highest BCUT2D eigenvalue weighted by Crippen LogP contribution is 2.37. The third-order valence-electron chi connectivity index (χ3n) is 11.0. The van der Waals surface area contributed by atoms with E-state index in [1.165, 1.54) is 20.3 Å². The molecule has 4 atom stereocenters. The Morgan fingerprint density at radius 1 is 0.759 bits per heavy atom. The number of methoxy groups -OCH3 is 2. The van der Waals surface area contributed by atoms with Crippen molar-refractivity contribution in [2.75, 3.05) is 27.3 Å². The third-order valence-corrected chi connectivity index (χ3v) is 11.0. The summed E-state index contributed by atoms with van der Waals surface area (Å²) in [7, 11) is 2.53. The van der Waals surface area contributed by atoms with Gasteiger partial charge in [0.15, 0.2) is 0 Å². The zero-order valence-electron chi connectivity index (χ0n) is 33.4. The number of amides is 4. The molecule has 4 amide bonds. The first-order chi connectivity index (χ1) is 27.9. The molecule has 3 aromatic heterocycles. The van der Waals surface area contributed by atoms with Crippen LogP contribution in [-0.4, -0.2) is 93.1 Å². The Kier molecular flexibility index (Phi) is 11.5. The Hall–Kier alpha value is -6.19. The van der Waals surface area contributed by atoms with Crippen molar-refractivity contribution in [2.45, 2.75) is 77.5 Å². The number of imidazole rings is 2. The lowest BCUT2D eigenvalue weighted by atomic mass is 10.0. The lowest BCUT2D eigenvalue weighted by molar-refractivity contribution is -0.136. The fourth-order valence-corrected chi connectivity index (χ4v) is 7.92. The zero-order valence-corrected chi connectivity index (χ0v) is 33.4. The van der Waals surface area contributed by atoms with Crippen molar-refractivity contribution in [2.24, 2.45) is 11.8 Å². The number of halogens is 1. The SMILES string of the molecule is COC(=O)NC(C(=O)N1CCC[C@H]1c1ncc(-c2ccc3oc(-c4ccc(-c5cnc([C@@H]6CCCN6C(=O)[C@@H](NC(=O)OC)C(C)C)[nH]5)c(F)c4)cc3c2)[nH]1)C(C)C. The molecular formula is C42H49FN8O7. The molecule has 4 N–H and O–H groups in total. The summed E-state index contributed by atoms with van der Waals surface area (Å²) >= 11 is 0. The van der Waals surface area contributed by atoms with Gasteiger partial charge in [-0.15, -0.1) is 0 Å². The first-order valence-electron chi connectivity index (χ1n) is 19.6. The summed E-state index contributed by atoms with van der Waals surface area (Å²) in [5, 5.41) is 6.14. The van der Waals surface area contributed by atoms with E-state index in [1.54, 1.807) is 34.3 Å². The monoisotopic (exact) mass is 796 g/mol. The van der Waals surface area contributed by atoms with Gasteiger partial charge in [0, 0.05) is 35.2 Å². The van der Waals surface area contributed by atoms with Crippen LogP contribution < -0.4 is 10.6 Å². The van der Waals surface area contributed by atoms with Crippen LogP contribution in [0.3, 0.4) is 0 Å². The van der Waals surface area contributed by atoms with E-state index in [-0.39, 0.29) is 35.7 Å². The Bertz CT molecular complexity index is 2310. The molecule has 2 aliphatic heterocycles. The second kappa shape index (κ2) is 16.7. The summed E-state index contributed by atoms with van der Waals surface area (Å²) in [6, 6.07) is 10.4. The van der Waals surface area contributed by atoms with Crippen molar-refractivity contribution in [3.8, 4) is 33.8 Å². The number of rotatable bonds is 11. The van der Waals surface area contributed by atoms with Crippen LogP contribution in [0, 0.1) is 17.7 Å². The maximum Gasteiger partial charge on any atom is 0.407 e. The van der Waals surface area contributed by atoms with Gasteiger partial charge in [0.05, 0.1) is 50.1 Å². The average Bonchev–Trinajstić information content (AvgIpc) is 4.06. The maximum atomic E-state index is 15.8. The van der Waals surface area contributed by atoms with Gasteiger partial charge in [-0.2, -0.15) is 0 Å². The van der Waals surface area contributed by atoms with E-state index in [2.05, 4.69) is 30.6 Å². The minimum absolute atomic E-state index is 0.137. The summed E-state index contributed by atoms with van der Waals surface area (Å²) in [5.74, 6) is 0.530. The molecule has 7 rings (SSSR count). The van der Waals surface area contributed by atoms with Gasteiger partial charge in [-0.05, 0) is 73.9 Å². The first kappa shape index (κ1) is 40.0. The summed E-state index contributed by atoms with van der Waals surface area (Å²) in [5.41, 5.74) is 3.61. The van der Waals surface area contributed by atoms with E-state index in [4.69, 9.17) is 13.9 Å². The van der Waals surface area contributed by atoms with Crippen LogP contribution in [0.25, 0.3) is 44.8 Å². The number of fused-ring (bicyclic) bond motifs is 1. The summed E-state index contributed by atoms with van der Waals surface area (Å²) in [6.07, 6.45) is 4.97. The Balaban J connectivity index is 1.06. The van der Waals surface area contributed by atoms with E-state index >= 15 is 4.39 Å². The van der Waals surface area contributed by atoms with Gasteiger partial charge in [-0.25, -0.2) is 23.9 Å². The number of hydrogen-bond donors (Lipinski definition) is 4. The van der Waals surface area contributed by atoms with Gasteiger partial charge >= 0.3 is 12.2 Å². The minimum Gasteiger partial charge on any atom is -0.456 e. The lowest BCUT2D eigenvalue weighted by Gasteiger charge is -2.30. The number of hydrogen-bond acceptors (Lipinski definition) is 9. The first-order valence-corrected chi connectivity index (χ1v) is 19.6. The van der Waals surface area contributed by atoms with Crippen molar-refractivity contribution < 1.29 is 37.5 Å². The largest absolute Gasteiger partial charge is 0.456 e. The van der Waals surface area contributed by atoms with Crippen LogP contribution >= 0.6 is 0 Å². The van der Waals surface area contributed by atoms with E-state index in [0.717, 1.165) is 35.9 Å². The predicted octanol–water partition coefficient (Wildman–Crippen LogP) is 7.11. The zero-order chi connectivity index (χ0) is 41.2. The molecule has 0 bridgehead atoms. The highest BCUT2D eigenvalue weighted by atomic mass is 19.1. The van der Waals surface area contributed by atoms with Gasteiger partial charge in [-0.3, -0.25) is 9.59 Å². The number of aromatic amines is 2. The molecule has 306 valence electrons. The summed E-state index contributed by atoms with van der Waals surface area (Å²) < 4.78 is 31.4. The smallest absolute Gasteiger partial charge is 0.407 e. The van der Waals surface area contributed by atoms with Crippen molar-refractivity contribution >= 4 is 35.0 Å². The number of likely N-dealkylation sites (tertiary alicyclic amines) is 2. The van der Waals surface area contributed by atoms with E-state index in [9.17, 15) is 19.2 Å². The van der Waals surface area contributed by atoms with Crippen molar-refractivity contribution in [1.82, 2.24) is 40.4 Å². The molecule has 1 unspecified atom stereocenters. The Labute approximate surface area is 335 Å². The number of aromatic nitrogens is 4. The molecule has 2 aromatic carbocycles. The van der Waals surface area contributed by atoms with Gasteiger partial charge in [0.1, 0.15) is 40.9 Å². The number of H-pyrrole nitrogens is 2. The van der Waals surface area contributed by atoms with E-state index in [1.807, 2.05) is 52.0 Å². The number of nitrogens with zero attached hydrogens (tertiary/aromatic N) is 4. The fourth-order valence-electron chi connectivity index (χ4n) is 7.92. The van der Waals surface area contributed by atoms with Crippen LogP contribution in [0.4, 0.5) is 14.0 Å². The van der Waals surface area contributed by atoms with Crippen LogP contribution in [-0.2, 0) is 19.1 Å². The lowest BCUT2D eigenvalue weighted by Crippen LogP contribution is -2.51. The van der Waals surface area contributed by atoms with E-state index < -0.39 is 30.1 Å². The highest BCUT2D eigenvalue weighted by Gasteiger charge is 2.39. The summed E-state index contributed by atoms with van der Waals surface area (Å²) in [4.78, 5) is 70.4. The van der Waals surface area contributed by atoms with E-state index in [0.29, 0.717) is 59.3 Å². The van der Waals surface area contributed by atoms with Gasteiger partial charge in [0.25, 0.3) is 0 Å². The predicted molar refractivity (Wildman–Crippen MR) is 212 cm³/mol. The normalized spacial score (nSPS) is 17.9. The molecule has 2 saturated heterocycles. The number of alkyl carbamates (subject to hydrolysis) is 2. The van der Waals surface area contributed by atoms with Crippen LogP contribution in [0.1, 0.15) is 77.1 Å². The Morgan fingerprint density at radius 3 is 1.83 bits per heavy atom. The molecule has 0 spiro atoms. The number of carbonyl (C=O) groups excluding carboxylic acids is 4. The quantitative estimate of drug-likeness (QED) is 0.108. The molecule has 0 radical (unpaired) electrons. The molecule has 5 aromatic rings. The molecule has 5 heterocycles. The number of furan rings is 1. The molecule has 0 saturated carbocycles. The molecule has 16 heteroatoms. The van der Waals surface area contributed by atoms with Gasteiger partial charge in [-0.1, -0.05) is 33.8 Å². The number of benzene rings is 2. The van der Waals surface area contributed by atoms with Crippen LogP contribution in [0.5, 0.6) is 0 Å². The standard InChI is InChI=1S/C42H49FN8O7/c1-22(2)35(48-41(54)56-5)39(52)50-15-7-9-31(50)37-44-20-29(46-37)24-12-14-33-26(17-24)19-34(58-33)25-11-13-27(28(43)18-25)30-21-45-38(47-30)32-10-8-16-51(32)40(53)36(23(3)4)49-42(55)57-6/h11-14,17-23,31-32,35-36H,7-10,15-16H2,1-6H3,(H,44,46)(H,45,47)(H,48,54)(H,49,55)/t31-,32-,35?,36-/m0/s1. The van der Waals surface area contributed by atoms with Crippen molar-refractivity contribution in [3.63, 3.8) is 0 Å². The third kappa shape index (κ3) is 8.00. The van der Waals surface area contributed by atoms with Gasteiger partial charge in [0.2, 0.25) is 11.8 Å². The van der Waals surface area contributed by atoms with Gasteiger partial charge < -0.3 is 44.3 Å². The van der Waals surface area contributed by atoms with Crippen LogP contribution in [0.15, 0.2) is 59.3 Å². The summed E-state index contributed by atoms with van der Waals surface area (Å²) in [6.45, 7) is 8.53. The Morgan fingerprint density at radius 2 is 1.29 bits per heavy atom. The molecule has 58 heavy (non-hydrogen) atoms. The molecule has 15 nitrogen and oxygen atoms in total. The molecule has 0 aliphatic carbocycles. The van der Waals surface area contributed by atoms with Crippen molar-refractivity contribution in [3.05, 3.63) is 72.3 Å². The second-order valence-corrected chi connectivity index (χ2v) is 15.5. The fraction of sp³-hybridized carbons (Fsp3) is 0.429. The number of carbonyl (C=O) groups is 4. The van der Waals surface area contributed by atoms with Crippen molar-refractivity contribution in [1.29, 1.82) is 0 Å². The topological polar surface area (TPSA) is 188 Å². The minimum atomic E-state index is -0.759. The maximum absolute atomic E-state index is 15.8. The van der Waals surface area contributed by atoms with Crippen LogP contribution in [0.2, 0.25) is 0 Å². The number of nitrogens with one attached hydrogen (secondary N) is 4.